The van der Waals surface area contributed by atoms with Crippen LogP contribution in [-0.2, 0) is 4.79 Å². The maximum Gasteiger partial charge on any atom is 0.233 e. The summed E-state index contributed by atoms with van der Waals surface area (Å²) in [6.07, 6.45) is 10.5. The molecule has 1 rings (SSSR count). The summed E-state index contributed by atoms with van der Waals surface area (Å²) >= 11 is 0. The second-order valence-electron chi connectivity index (χ2n) is 6.33. The summed E-state index contributed by atoms with van der Waals surface area (Å²) in [4.78, 5) is 16.1. The number of hydrogen-bond acceptors (Lipinski definition) is 5. The van der Waals surface area contributed by atoms with Crippen LogP contribution in [0.3, 0.4) is 0 Å². The molecule has 0 unspecified atom stereocenters. The van der Waals surface area contributed by atoms with Crippen molar-refractivity contribution in [3.63, 3.8) is 0 Å². The molecular weight excluding hydrogens is 386 g/mol. The van der Waals surface area contributed by atoms with Crippen LogP contribution in [0.25, 0.3) is 6.08 Å². The van der Waals surface area contributed by atoms with E-state index in [2.05, 4.69) is 49.2 Å². The molecule has 0 spiro atoms. The van der Waals surface area contributed by atoms with Crippen LogP contribution in [0.4, 0.5) is 5.69 Å². The Kier molecular flexibility index (Phi) is 12.3. The minimum Gasteiger partial charge on any atom is -0.405 e. The minimum absolute atomic E-state index is 0.203. The highest BCUT2D eigenvalue weighted by Gasteiger charge is 2.09. The predicted molar refractivity (Wildman–Crippen MR) is 129 cm³/mol. The first-order chi connectivity index (χ1) is 13.5. The van der Waals surface area contributed by atoms with Crippen LogP contribution < -0.4 is 10.6 Å². The van der Waals surface area contributed by atoms with E-state index < -0.39 is 0 Å². The molecule has 4 nitrogen and oxygen atoms in total. The van der Waals surface area contributed by atoms with E-state index in [1.54, 1.807) is 27.8 Å². The molecule has 28 heavy (non-hydrogen) atoms. The molecule has 1 aromatic rings. The smallest absolute Gasteiger partial charge is 0.233 e. The Hall–Kier alpha value is -1.79. The number of nitrogens with zero attached hydrogens (tertiary/aromatic N) is 2. The second kappa shape index (κ2) is 14.2. The molecule has 1 amide bonds. The van der Waals surface area contributed by atoms with Crippen LogP contribution in [0.15, 0.2) is 54.3 Å². The number of rotatable bonds is 12. The largest absolute Gasteiger partial charge is 0.405 e. The highest BCUT2D eigenvalue weighted by atomic mass is 33.1. The third-order valence-electron chi connectivity index (χ3n) is 4.22. The fourth-order valence-electron chi connectivity index (χ4n) is 2.48. The zero-order valence-electron chi connectivity index (χ0n) is 17.4. The van der Waals surface area contributed by atoms with Gasteiger partial charge < -0.3 is 15.5 Å². The van der Waals surface area contributed by atoms with E-state index in [0.717, 1.165) is 36.4 Å². The average molecular weight is 420 g/mol. The van der Waals surface area contributed by atoms with E-state index >= 15 is 0 Å². The van der Waals surface area contributed by atoms with Crippen LogP contribution in [0.2, 0.25) is 0 Å². The molecule has 0 atom stereocenters. The lowest BCUT2D eigenvalue weighted by Gasteiger charge is -2.22. The Bertz CT molecular complexity index is 669. The van der Waals surface area contributed by atoms with E-state index in [0.29, 0.717) is 5.75 Å². The molecule has 0 saturated heterocycles. The standard InChI is InChI=1S/C22H33N3OS2/c1-5-19(14-15-23)8-9-20-10-12-21(13-11-20)24(3)16-7-17-25(4)22(26)18-28-27-6-2/h5,8-15H,6-7,16-18,23H2,1-4H3/b9-8+,15-14-,19-5-. The predicted octanol–water partition coefficient (Wildman–Crippen LogP) is 4.80. The summed E-state index contributed by atoms with van der Waals surface area (Å²) in [5.74, 6) is 1.78. The summed E-state index contributed by atoms with van der Waals surface area (Å²) in [5.41, 5.74) is 8.85. The van der Waals surface area contributed by atoms with Crippen molar-refractivity contribution in [2.24, 2.45) is 5.73 Å². The van der Waals surface area contributed by atoms with Crippen molar-refractivity contribution in [2.45, 2.75) is 20.3 Å². The van der Waals surface area contributed by atoms with Gasteiger partial charge in [-0.05, 0) is 48.9 Å². The first kappa shape index (κ1) is 24.2. The lowest BCUT2D eigenvalue weighted by atomic mass is 10.1. The molecule has 2 N–H and O–H groups in total. The van der Waals surface area contributed by atoms with Gasteiger partial charge in [-0.2, -0.15) is 0 Å². The number of carbonyl (C=O) groups excluding carboxylic acids is 1. The molecule has 6 heteroatoms. The SMILES string of the molecule is C/C=C(\C=C/N)/C=C/c1ccc(N(C)CCCN(C)C(=O)CSSCC)cc1. The summed E-state index contributed by atoms with van der Waals surface area (Å²) in [6, 6.07) is 8.47. The highest BCUT2D eigenvalue weighted by Crippen LogP contribution is 2.20. The van der Waals surface area contributed by atoms with Gasteiger partial charge in [-0.3, -0.25) is 4.79 Å². The van der Waals surface area contributed by atoms with Crippen LogP contribution >= 0.6 is 21.6 Å². The molecule has 0 saturated carbocycles. The highest BCUT2D eigenvalue weighted by molar-refractivity contribution is 8.76. The Morgan fingerprint density at radius 1 is 1.11 bits per heavy atom. The van der Waals surface area contributed by atoms with E-state index in [1.165, 1.54) is 5.69 Å². The first-order valence-electron chi connectivity index (χ1n) is 9.54. The molecule has 0 aromatic heterocycles. The van der Waals surface area contributed by atoms with Gasteiger partial charge in [-0.25, -0.2) is 0 Å². The van der Waals surface area contributed by atoms with Crippen LogP contribution in [0, 0.1) is 0 Å². The van der Waals surface area contributed by atoms with Crippen molar-refractivity contribution in [2.75, 3.05) is 43.6 Å². The second-order valence-corrected chi connectivity index (χ2v) is 9.08. The maximum absolute atomic E-state index is 12.0. The molecule has 154 valence electrons. The zero-order chi connectivity index (χ0) is 20.8. The number of nitrogens with two attached hydrogens (primary N) is 1. The van der Waals surface area contributed by atoms with Crippen molar-refractivity contribution in [3.05, 3.63) is 59.8 Å². The number of allylic oxidation sites excluding steroid dienone is 4. The van der Waals surface area contributed by atoms with E-state index in [4.69, 9.17) is 5.73 Å². The third-order valence-corrected chi connectivity index (χ3v) is 6.55. The van der Waals surface area contributed by atoms with Crippen molar-refractivity contribution in [3.8, 4) is 0 Å². The van der Waals surface area contributed by atoms with Gasteiger partial charge in [0, 0.05) is 38.6 Å². The molecule has 0 aliphatic rings. The monoisotopic (exact) mass is 419 g/mol. The Morgan fingerprint density at radius 3 is 2.43 bits per heavy atom. The van der Waals surface area contributed by atoms with Gasteiger partial charge >= 0.3 is 0 Å². The van der Waals surface area contributed by atoms with Gasteiger partial charge in [0.15, 0.2) is 0 Å². The minimum atomic E-state index is 0.203. The number of carbonyl (C=O) groups is 1. The van der Waals surface area contributed by atoms with E-state index in [-0.39, 0.29) is 5.91 Å². The molecule has 1 aromatic carbocycles. The Labute approximate surface area is 178 Å². The van der Waals surface area contributed by atoms with E-state index in [9.17, 15) is 4.79 Å². The van der Waals surface area contributed by atoms with Gasteiger partial charge in [0.2, 0.25) is 5.91 Å². The summed E-state index contributed by atoms with van der Waals surface area (Å²) in [5, 5.41) is 0. The van der Waals surface area contributed by atoms with Crippen LogP contribution in [-0.4, -0.2) is 49.5 Å². The van der Waals surface area contributed by atoms with Crippen molar-refractivity contribution >= 4 is 39.3 Å². The maximum atomic E-state index is 12.0. The number of benzene rings is 1. The molecule has 0 bridgehead atoms. The van der Waals surface area contributed by atoms with Crippen molar-refractivity contribution in [1.29, 1.82) is 0 Å². The van der Waals surface area contributed by atoms with Crippen LogP contribution in [0.1, 0.15) is 25.8 Å². The van der Waals surface area contributed by atoms with E-state index in [1.807, 2.05) is 37.1 Å². The number of anilines is 1. The van der Waals surface area contributed by atoms with Crippen LogP contribution in [0.5, 0.6) is 0 Å². The Balaban J connectivity index is 2.45. The molecule has 0 aliphatic heterocycles. The average Bonchev–Trinajstić information content (AvgIpc) is 2.71. The fraction of sp³-hybridized carbons (Fsp3) is 0.409. The third kappa shape index (κ3) is 9.42. The zero-order valence-corrected chi connectivity index (χ0v) is 19.1. The number of hydrogen-bond donors (Lipinski definition) is 1. The fourth-order valence-corrected chi connectivity index (χ4v) is 4.10. The summed E-state index contributed by atoms with van der Waals surface area (Å²) in [7, 11) is 7.34. The molecule has 0 radical (unpaired) electrons. The summed E-state index contributed by atoms with van der Waals surface area (Å²) < 4.78 is 0. The molecule has 0 fully saturated rings. The lowest BCUT2D eigenvalue weighted by Crippen LogP contribution is -2.31. The lowest BCUT2D eigenvalue weighted by molar-refractivity contribution is -0.127. The first-order valence-corrected chi connectivity index (χ1v) is 12.0. The van der Waals surface area contributed by atoms with Gasteiger partial charge in [-0.15, -0.1) is 0 Å². The molecule has 0 aliphatic carbocycles. The topological polar surface area (TPSA) is 49.6 Å². The number of amides is 1. The van der Waals surface area contributed by atoms with Gasteiger partial charge in [0.1, 0.15) is 0 Å². The Morgan fingerprint density at radius 2 is 1.82 bits per heavy atom. The van der Waals surface area contributed by atoms with Crippen molar-refractivity contribution in [1.82, 2.24) is 4.90 Å². The van der Waals surface area contributed by atoms with Gasteiger partial charge in [-0.1, -0.05) is 58.9 Å². The molecular formula is C22H33N3OS2. The van der Waals surface area contributed by atoms with Crippen molar-refractivity contribution < 1.29 is 4.79 Å². The normalized spacial score (nSPS) is 12.1. The van der Waals surface area contributed by atoms with Gasteiger partial charge in [0.05, 0.1) is 5.75 Å². The quantitative estimate of drug-likeness (QED) is 0.299. The summed E-state index contributed by atoms with van der Waals surface area (Å²) in [6.45, 7) is 5.78. The van der Waals surface area contributed by atoms with Gasteiger partial charge in [0.25, 0.3) is 0 Å². The molecule has 0 heterocycles.